The smallest absolute Gasteiger partial charge is 0.251 e. The molecule has 3 aromatic rings. The summed E-state index contributed by atoms with van der Waals surface area (Å²) in [5, 5.41) is 7.78. The van der Waals surface area contributed by atoms with Crippen molar-refractivity contribution in [2.24, 2.45) is 0 Å². The van der Waals surface area contributed by atoms with Gasteiger partial charge in [-0.05, 0) is 29.3 Å². The van der Waals surface area contributed by atoms with Gasteiger partial charge >= 0.3 is 0 Å². The third kappa shape index (κ3) is 3.93. The van der Waals surface area contributed by atoms with E-state index in [0.717, 1.165) is 11.1 Å². The largest absolute Gasteiger partial charge is 0.348 e. The topological polar surface area (TPSA) is 59.8 Å². The number of carbonyl (C=O) groups excluding carboxylic acids is 1. The normalized spacial score (nSPS) is 10.6. The van der Waals surface area contributed by atoms with E-state index in [4.69, 9.17) is 23.2 Å². The van der Waals surface area contributed by atoms with Crippen molar-refractivity contribution in [3.8, 4) is 0 Å². The highest BCUT2D eigenvalue weighted by atomic mass is 35.5. The molecule has 0 atom stereocenters. The molecular weight excluding hydrogens is 347 g/mol. The van der Waals surface area contributed by atoms with E-state index in [0.29, 0.717) is 28.7 Å². The van der Waals surface area contributed by atoms with Crippen LogP contribution >= 0.6 is 23.2 Å². The van der Waals surface area contributed by atoms with Crippen LogP contribution in [0, 0.1) is 0 Å². The third-order valence-electron chi connectivity index (χ3n) is 3.54. The van der Waals surface area contributed by atoms with Gasteiger partial charge in [0.15, 0.2) is 0 Å². The van der Waals surface area contributed by atoms with Crippen molar-refractivity contribution in [1.82, 2.24) is 20.1 Å². The Morgan fingerprint density at radius 2 is 1.88 bits per heavy atom. The fourth-order valence-corrected chi connectivity index (χ4v) is 2.59. The van der Waals surface area contributed by atoms with Crippen LogP contribution < -0.4 is 5.32 Å². The molecule has 3 rings (SSSR count). The average molecular weight is 361 g/mol. The molecule has 0 saturated heterocycles. The number of hydrogen-bond donors (Lipinski definition) is 1. The van der Waals surface area contributed by atoms with Crippen LogP contribution in [0.1, 0.15) is 21.5 Å². The van der Waals surface area contributed by atoms with Gasteiger partial charge in [0.05, 0.1) is 16.6 Å². The van der Waals surface area contributed by atoms with E-state index < -0.39 is 0 Å². The summed E-state index contributed by atoms with van der Waals surface area (Å²) in [6.07, 6.45) is 3.15. The minimum absolute atomic E-state index is 0.205. The summed E-state index contributed by atoms with van der Waals surface area (Å²) in [5.74, 6) is -0.205. The van der Waals surface area contributed by atoms with Gasteiger partial charge in [-0.1, -0.05) is 47.5 Å². The predicted molar refractivity (Wildman–Crippen MR) is 93.2 cm³/mol. The number of carbonyl (C=O) groups is 1. The molecule has 1 heterocycles. The molecule has 0 fully saturated rings. The molecule has 24 heavy (non-hydrogen) atoms. The maximum Gasteiger partial charge on any atom is 0.251 e. The average Bonchev–Trinajstić information content (AvgIpc) is 3.09. The van der Waals surface area contributed by atoms with E-state index in [2.05, 4.69) is 15.4 Å². The number of nitrogens with one attached hydrogen (secondary N) is 1. The van der Waals surface area contributed by atoms with E-state index in [1.807, 2.05) is 24.3 Å². The molecule has 0 saturated carbocycles. The monoisotopic (exact) mass is 360 g/mol. The maximum absolute atomic E-state index is 12.3. The van der Waals surface area contributed by atoms with Gasteiger partial charge in [0.25, 0.3) is 5.91 Å². The molecule has 0 bridgehead atoms. The van der Waals surface area contributed by atoms with Crippen molar-refractivity contribution >= 4 is 29.1 Å². The Hall–Kier alpha value is -2.37. The Kier molecular flexibility index (Phi) is 5.13. The van der Waals surface area contributed by atoms with E-state index in [1.165, 1.54) is 6.33 Å². The lowest BCUT2D eigenvalue weighted by Gasteiger charge is -2.11. The molecule has 0 unspecified atom stereocenters. The number of benzene rings is 2. The van der Waals surface area contributed by atoms with Crippen LogP contribution in [-0.4, -0.2) is 20.7 Å². The standard InChI is InChI=1S/C17H14Cl2N4O/c18-15-6-5-12(7-16(15)19)17(24)21-8-13-3-1-2-4-14(13)9-23-11-20-10-22-23/h1-7,10-11H,8-9H2,(H,21,24). The zero-order valence-electron chi connectivity index (χ0n) is 12.6. The highest BCUT2D eigenvalue weighted by Crippen LogP contribution is 2.22. The fourth-order valence-electron chi connectivity index (χ4n) is 2.29. The number of aromatic nitrogens is 3. The molecule has 122 valence electrons. The number of amides is 1. The lowest BCUT2D eigenvalue weighted by atomic mass is 10.1. The molecule has 7 heteroatoms. The maximum atomic E-state index is 12.3. The zero-order chi connectivity index (χ0) is 16.9. The Bertz CT molecular complexity index is 850. The molecule has 0 aliphatic carbocycles. The highest BCUT2D eigenvalue weighted by Gasteiger charge is 2.09. The molecule has 1 aromatic heterocycles. The van der Waals surface area contributed by atoms with Crippen molar-refractivity contribution in [1.29, 1.82) is 0 Å². The third-order valence-corrected chi connectivity index (χ3v) is 4.28. The van der Waals surface area contributed by atoms with Gasteiger partial charge in [0.1, 0.15) is 12.7 Å². The second-order valence-corrected chi connectivity index (χ2v) is 5.99. The van der Waals surface area contributed by atoms with Gasteiger partial charge < -0.3 is 5.32 Å². The highest BCUT2D eigenvalue weighted by molar-refractivity contribution is 6.42. The second-order valence-electron chi connectivity index (χ2n) is 5.17. The SMILES string of the molecule is O=C(NCc1ccccc1Cn1cncn1)c1ccc(Cl)c(Cl)c1. The molecule has 1 amide bonds. The minimum Gasteiger partial charge on any atom is -0.348 e. The van der Waals surface area contributed by atoms with Crippen molar-refractivity contribution in [3.63, 3.8) is 0 Å². The van der Waals surface area contributed by atoms with Gasteiger partial charge in [-0.3, -0.25) is 4.79 Å². The predicted octanol–water partition coefficient (Wildman–Crippen LogP) is 3.56. The zero-order valence-corrected chi connectivity index (χ0v) is 14.1. The Balaban J connectivity index is 1.70. The van der Waals surface area contributed by atoms with E-state index in [-0.39, 0.29) is 5.91 Å². The minimum atomic E-state index is -0.205. The Labute approximate surface area is 149 Å². The van der Waals surface area contributed by atoms with Gasteiger partial charge in [-0.25, -0.2) is 9.67 Å². The number of hydrogen-bond acceptors (Lipinski definition) is 3. The van der Waals surface area contributed by atoms with Crippen LogP contribution in [0.4, 0.5) is 0 Å². The van der Waals surface area contributed by atoms with Crippen molar-refractivity contribution in [2.45, 2.75) is 13.1 Å². The molecule has 5 nitrogen and oxygen atoms in total. The van der Waals surface area contributed by atoms with Gasteiger partial charge in [-0.2, -0.15) is 5.10 Å². The van der Waals surface area contributed by atoms with Crippen molar-refractivity contribution in [3.05, 3.63) is 81.9 Å². The second kappa shape index (κ2) is 7.47. The van der Waals surface area contributed by atoms with Crippen molar-refractivity contribution in [2.75, 3.05) is 0 Å². The van der Waals surface area contributed by atoms with Gasteiger partial charge in [-0.15, -0.1) is 0 Å². The van der Waals surface area contributed by atoms with Crippen LogP contribution in [0.3, 0.4) is 0 Å². The lowest BCUT2D eigenvalue weighted by Crippen LogP contribution is -2.23. The van der Waals surface area contributed by atoms with Crippen LogP contribution in [0.15, 0.2) is 55.1 Å². The first-order valence-corrected chi connectivity index (χ1v) is 8.01. The summed E-state index contributed by atoms with van der Waals surface area (Å²) in [6, 6.07) is 12.7. The van der Waals surface area contributed by atoms with Crippen LogP contribution in [0.2, 0.25) is 10.0 Å². The summed E-state index contributed by atoms with van der Waals surface area (Å²) < 4.78 is 1.74. The van der Waals surface area contributed by atoms with Crippen molar-refractivity contribution < 1.29 is 4.79 Å². The quantitative estimate of drug-likeness (QED) is 0.756. The number of rotatable bonds is 5. The first-order chi connectivity index (χ1) is 11.6. The summed E-state index contributed by atoms with van der Waals surface area (Å²) in [6.45, 7) is 1.00. The summed E-state index contributed by atoms with van der Waals surface area (Å²) >= 11 is 11.8. The molecule has 0 aliphatic heterocycles. The van der Waals surface area contributed by atoms with E-state index in [9.17, 15) is 4.79 Å². The van der Waals surface area contributed by atoms with Gasteiger partial charge in [0, 0.05) is 12.1 Å². The Morgan fingerprint density at radius 3 is 2.58 bits per heavy atom. The summed E-state index contributed by atoms with van der Waals surface area (Å²) in [7, 11) is 0. The summed E-state index contributed by atoms with van der Waals surface area (Å²) in [5.41, 5.74) is 2.55. The molecule has 0 spiro atoms. The first-order valence-electron chi connectivity index (χ1n) is 7.26. The van der Waals surface area contributed by atoms with Crippen LogP contribution in [-0.2, 0) is 13.1 Å². The molecule has 0 radical (unpaired) electrons. The lowest BCUT2D eigenvalue weighted by molar-refractivity contribution is 0.0951. The first kappa shape index (κ1) is 16.5. The van der Waals surface area contributed by atoms with Crippen LogP contribution in [0.5, 0.6) is 0 Å². The summed E-state index contributed by atoms with van der Waals surface area (Å²) in [4.78, 5) is 16.2. The van der Waals surface area contributed by atoms with E-state index in [1.54, 1.807) is 29.2 Å². The molecular formula is C17H14Cl2N4O. The molecule has 1 N–H and O–H groups in total. The van der Waals surface area contributed by atoms with Gasteiger partial charge in [0.2, 0.25) is 0 Å². The Morgan fingerprint density at radius 1 is 1.08 bits per heavy atom. The molecule has 2 aromatic carbocycles. The molecule has 0 aliphatic rings. The fraction of sp³-hybridized carbons (Fsp3) is 0.118. The number of nitrogens with zero attached hydrogens (tertiary/aromatic N) is 3. The van der Waals surface area contributed by atoms with Crippen LogP contribution in [0.25, 0.3) is 0 Å². The van der Waals surface area contributed by atoms with E-state index >= 15 is 0 Å². The number of halogens is 2.